The van der Waals surface area contributed by atoms with Gasteiger partial charge in [-0.15, -0.1) is 0 Å². The van der Waals surface area contributed by atoms with Gasteiger partial charge in [-0.3, -0.25) is 4.79 Å². The molecule has 0 atom stereocenters. The van der Waals surface area contributed by atoms with Gasteiger partial charge in [-0.1, -0.05) is 31.6 Å². The molecule has 0 saturated carbocycles. The van der Waals surface area contributed by atoms with E-state index in [1.54, 1.807) is 6.07 Å². The Balaban J connectivity index is 2.97. The van der Waals surface area contributed by atoms with E-state index in [2.05, 4.69) is 0 Å². The monoisotopic (exact) mass is 271 g/mol. The molecule has 0 radical (unpaired) electrons. The molecule has 0 unspecified atom stereocenters. The highest BCUT2D eigenvalue weighted by Gasteiger charge is 2.64. The Morgan fingerprint density at radius 1 is 1.12 bits per heavy atom. The molecule has 2 nitrogen and oxygen atoms in total. The predicted molar refractivity (Wildman–Crippen MR) is 53.5 cm³/mol. The normalized spacial score (nSPS) is 15.5. The fourth-order valence-corrected chi connectivity index (χ4v) is 1.72. The van der Waals surface area contributed by atoms with Crippen LogP contribution in [0.4, 0.5) is 19.4 Å². The lowest BCUT2D eigenvalue weighted by Gasteiger charge is -2.39. The van der Waals surface area contributed by atoms with Gasteiger partial charge in [0.05, 0.1) is 11.6 Å². The Morgan fingerprint density at radius 3 is 1.94 bits per heavy atom. The number of nitrogens with zero attached hydrogens (tertiary/aromatic N) is 1. The van der Waals surface area contributed by atoms with E-state index in [9.17, 15) is 24.2 Å². The highest BCUT2D eigenvalue weighted by atomic mass is 32.5. The third kappa shape index (κ3) is 4.82. The average Bonchev–Trinajstić information content (AvgIpc) is 2.13. The molecule has 0 aliphatic carbocycles. The Labute approximate surface area is 93.4 Å². The molecule has 0 heterocycles. The second-order valence-corrected chi connectivity index (χ2v) is 5.93. The van der Waals surface area contributed by atoms with Crippen LogP contribution in [0.2, 0.25) is 0 Å². The number of ketones is 1. The number of benzene rings is 1. The summed E-state index contributed by atoms with van der Waals surface area (Å²) in [7, 11) is -9.74. The van der Waals surface area contributed by atoms with Crippen LogP contribution in [-0.2, 0) is 0 Å². The Bertz CT molecular complexity index is 498. The van der Waals surface area contributed by atoms with Crippen LogP contribution in [0.5, 0.6) is 0 Å². The second kappa shape index (κ2) is 3.20. The molecule has 0 N–H and O–H groups in total. The number of hydrogen-bond donors (Lipinski definition) is 0. The molecule has 0 amide bonds. The number of nitriles is 1. The van der Waals surface area contributed by atoms with Gasteiger partial charge in [0.1, 0.15) is 0 Å². The fourth-order valence-electron chi connectivity index (χ4n) is 1.06. The third-order valence-electron chi connectivity index (χ3n) is 1.74. The van der Waals surface area contributed by atoms with Gasteiger partial charge in [-0.2, -0.15) is 5.26 Å². The molecule has 1 rings (SSSR count). The summed E-state index contributed by atoms with van der Waals surface area (Å²) in [5.74, 6) is -4.47. The summed E-state index contributed by atoms with van der Waals surface area (Å²) >= 11 is 0. The summed E-state index contributed by atoms with van der Waals surface area (Å²) in [5, 5.41) is 8.41. The van der Waals surface area contributed by atoms with Crippen LogP contribution >= 0.6 is 10.2 Å². The van der Waals surface area contributed by atoms with Crippen molar-refractivity contribution in [2.24, 2.45) is 0 Å². The molecule has 94 valence electrons. The van der Waals surface area contributed by atoms with E-state index in [-0.39, 0.29) is 5.56 Å². The van der Waals surface area contributed by atoms with Crippen LogP contribution < -0.4 is 0 Å². The minimum atomic E-state index is -9.74. The zero-order valence-electron chi connectivity index (χ0n) is 8.17. The summed E-state index contributed by atoms with van der Waals surface area (Å²) < 4.78 is 60.1. The van der Waals surface area contributed by atoms with Crippen LogP contribution in [0.1, 0.15) is 15.9 Å². The zero-order chi connectivity index (χ0) is 13.4. The second-order valence-electron chi connectivity index (χ2n) is 3.39. The quantitative estimate of drug-likeness (QED) is 0.615. The van der Waals surface area contributed by atoms with Gasteiger partial charge in [0.25, 0.3) is 10.2 Å². The predicted octanol–water partition coefficient (Wildman–Crippen LogP) is 4.04. The lowest BCUT2D eigenvalue weighted by atomic mass is 10.1. The molecule has 0 bridgehead atoms. The minimum absolute atomic E-state index is 0.119. The van der Waals surface area contributed by atoms with Crippen molar-refractivity contribution in [3.63, 3.8) is 0 Å². The van der Waals surface area contributed by atoms with Crippen molar-refractivity contribution >= 4 is 16.0 Å². The van der Waals surface area contributed by atoms with Gasteiger partial charge in [-0.05, 0) is 12.1 Å². The maximum atomic E-state index is 12.0. The van der Waals surface area contributed by atoms with E-state index in [1.165, 1.54) is 0 Å². The summed E-state index contributed by atoms with van der Waals surface area (Å²) in [5.41, 5.74) is -0.383. The first-order valence-electron chi connectivity index (χ1n) is 4.16. The van der Waals surface area contributed by atoms with Crippen LogP contribution in [0.3, 0.4) is 0 Å². The van der Waals surface area contributed by atoms with Gasteiger partial charge in [0.2, 0.25) is 0 Å². The van der Waals surface area contributed by atoms with Crippen molar-refractivity contribution in [3.8, 4) is 6.07 Å². The van der Waals surface area contributed by atoms with Gasteiger partial charge in [0.15, 0.2) is 11.5 Å². The first-order chi connectivity index (χ1) is 7.40. The SMILES string of the molecule is N#Cc1ccc(C(=O)CS(F)(F)(F)(F)F)cc1. The van der Waals surface area contributed by atoms with Gasteiger partial charge in [-0.25, -0.2) is 0 Å². The van der Waals surface area contributed by atoms with Gasteiger partial charge < -0.3 is 0 Å². The number of halogens is 5. The Kier molecular flexibility index (Phi) is 2.53. The molecule has 0 aliphatic heterocycles. The number of Topliss-reactive ketones (excluding diaryl/α,β-unsaturated/α-hetero) is 1. The third-order valence-corrected chi connectivity index (χ3v) is 2.55. The maximum absolute atomic E-state index is 12.0. The molecule has 0 saturated heterocycles. The average molecular weight is 271 g/mol. The molecule has 0 aliphatic rings. The summed E-state index contributed by atoms with van der Waals surface area (Å²) in [6.07, 6.45) is 0. The lowest BCUT2D eigenvalue weighted by Crippen LogP contribution is -2.19. The molecule has 0 spiro atoms. The van der Waals surface area contributed by atoms with E-state index < -0.39 is 27.3 Å². The van der Waals surface area contributed by atoms with E-state index in [4.69, 9.17) is 5.26 Å². The van der Waals surface area contributed by atoms with E-state index >= 15 is 0 Å². The first-order valence-corrected chi connectivity index (χ1v) is 6.28. The van der Waals surface area contributed by atoms with Crippen molar-refractivity contribution in [2.75, 3.05) is 5.75 Å². The highest BCUT2D eigenvalue weighted by molar-refractivity contribution is 8.46. The van der Waals surface area contributed by atoms with Crippen LogP contribution in [0.15, 0.2) is 24.3 Å². The highest BCUT2D eigenvalue weighted by Crippen LogP contribution is 2.97. The van der Waals surface area contributed by atoms with Crippen LogP contribution in [-0.4, -0.2) is 11.5 Å². The van der Waals surface area contributed by atoms with Crippen molar-refractivity contribution < 1.29 is 24.2 Å². The minimum Gasteiger partial charge on any atom is -0.293 e. The zero-order valence-corrected chi connectivity index (χ0v) is 8.99. The molecule has 1 aromatic rings. The molecule has 1 aromatic carbocycles. The fraction of sp³-hybridized carbons (Fsp3) is 0.111. The number of carbonyl (C=O) groups excluding carboxylic acids is 1. The van der Waals surface area contributed by atoms with E-state index in [0.717, 1.165) is 24.3 Å². The first kappa shape index (κ1) is 13.4. The number of hydrogen-bond acceptors (Lipinski definition) is 2. The van der Waals surface area contributed by atoms with Crippen LogP contribution in [0.25, 0.3) is 0 Å². The Hall–Kier alpha value is -1.62. The van der Waals surface area contributed by atoms with Crippen molar-refractivity contribution in [2.45, 2.75) is 0 Å². The maximum Gasteiger partial charge on any atom is 0.292 e. The van der Waals surface area contributed by atoms with Gasteiger partial charge in [0, 0.05) is 5.56 Å². The summed E-state index contributed by atoms with van der Waals surface area (Å²) in [6, 6.07) is 5.66. The molecule has 0 fully saturated rings. The largest absolute Gasteiger partial charge is 0.293 e. The van der Waals surface area contributed by atoms with Crippen LogP contribution in [0, 0.1) is 11.3 Å². The summed E-state index contributed by atoms with van der Waals surface area (Å²) in [4.78, 5) is 11.0. The van der Waals surface area contributed by atoms with Crippen molar-refractivity contribution in [3.05, 3.63) is 35.4 Å². The van der Waals surface area contributed by atoms with Crippen molar-refractivity contribution in [1.82, 2.24) is 0 Å². The topological polar surface area (TPSA) is 40.9 Å². The number of rotatable bonds is 3. The molecule has 0 aromatic heterocycles. The molecular weight excluding hydrogens is 265 g/mol. The number of carbonyl (C=O) groups is 1. The molecular formula is C9H6F5NOS. The summed E-state index contributed by atoms with van der Waals surface area (Å²) in [6.45, 7) is 0. The smallest absolute Gasteiger partial charge is 0.292 e. The molecule has 8 heteroatoms. The van der Waals surface area contributed by atoms with Gasteiger partial charge >= 0.3 is 0 Å². The van der Waals surface area contributed by atoms with E-state index in [1.807, 2.05) is 0 Å². The standard InChI is InChI=1S/C9H6F5NOS/c10-17(11,12,13,14)6-9(16)8-3-1-7(5-15)2-4-8/h1-4H,6H2. The van der Waals surface area contributed by atoms with E-state index in [0.29, 0.717) is 0 Å². The molecule has 17 heavy (non-hydrogen) atoms. The Morgan fingerprint density at radius 2 is 1.59 bits per heavy atom. The van der Waals surface area contributed by atoms with Crippen molar-refractivity contribution in [1.29, 1.82) is 5.26 Å². The lowest BCUT2D eigenvalue weighted by molar-refractivity contribution is 0.101.